The Labute approximate surface area is 118 Å². The molecule has 0 aliphatic heterocycles. The number of hydrogen-bond acceptors (Lipinski definition) is 3. The van der Waals surface area contributed by atoms with E-state index in [-0.39, 0.29) is 0 Å². The number of anilines is 1. The van der Waals surface area contributed by atoms with Crippen molar-refractivity contribution in [3.05, 3.63) is 23.2 Å². The normalized spacial score (nSPS) is 12.0. The molecule has 1 atom stereocenters. The second-order valence-corrected chi connectivity index (χ2v) is 4.68. The molecule has 1 aromatic carbocycles. The Hall–Kier alpha value is -1.42. The van der Waals surface area contributed by atoms with Crippen LogP contribution in [-0.4, -0.2) is 30.8 Å². The first-order valence-electron chi connectivity index (χ1n) is 6.38. The molecule has 1 aromatic rings. The van der Waals surface area contributed by atoms with E-state index < -0.39 is 12.0 Å². The Bertz CT molecular complexity index is 437. The molecule has 5 heteroatoms. The fourth-order valence-electron chi connectivity index (χ4n) is 2.07. The summed E-state index contributed by atoms with van der Waals surface area (Å²) in [7, 11) is 1.55. The quantitative estimate of drug-likeness (QED) is 0.834. The highest BCUT2D eigenvalue weighted by atomic mass is 35.5. The first-order chi connectivity index (χ1) is 9.04. The number of rotatable bonds is 7. The van der Waals surface area contributed by atoms with Crippen molar-refractivity contribution in [2.75, 3.05) is 18.6 Å². The lowest BCUT2D eigenvalue weighted by molar-refractivity contribution is -0.138. The fourth-order valence-corrected chi connectivity index (χ4v) is 2.32. The minimum Gasteiger partial charge on any atom is -0.495 e. The van der Waals surface area contributed by atoms with Gasteiger partial charge in [0.05, 0.1) is 12.1 Å². The van der Waals surface area contributed by atoms with Gasteiger partial charge in [0.2, 0.25) is 0 Å². The van der Waals surface area contributed by atoms with Gasteiger partial charge in [-0.3, -0.25) is 0 Å². The molecular formula is C14H20ClNO3. The van der Waals surface area contributed by atoms with E-state index in [1.807, 2.05) is 24.8 Å². The molecule has 0 aliphatic rings. The van der Waals surface area contributed by atoms with Gasteiger partial charge in [0, 0.05) is 12.2 Å². The number of hydrogen-bond donors (Lipinski definition) is 1. The number of aliphatic carboxylic acids is 1. The monoisotopic (exact) mass is 285 g/mol. The van der Waals surface area contributed by atoms with E-state index in [2.05, 4.69) is 0 Å². The first-order valence-corrected chi connectivity index (χ1v) is 6.75. The maximum atomic E-state index is 11.3. The highest BCUT2D eigenvalue weighted by Gasteiger charge is 2.23. The third-order valence-electron chi connectivity index (χ3n) is 2.98. The fraction of sp³-hybridized carbons (Fsp3) is 0.500. The summed E-state index contributed by atoms with van der Waals surface area (Å²) in [4.78, 5) is 13.2. The molecule has 0 amide bonds. The predicted molar refractivity (Wildman–Crippen MR) is 77.4 cm³/mol. The summed E-state index contributed by atoms with van der Waals surface area (Å²) in [6.45, 7) is 4.56. The lowest BCUT2D eigenvalue weighted by Crippen LogP contribution is -2.41. The topological polar surface area (TPSA) is 49.8 Å². The van der Waals surface area contributed by atoms with Crippen molar-refractivity contribution >= 4 is 23.3 Å². The maximum absolute atomic E-state index is 11.3. The highest BCUT2D eigenvalue weighted by molar-refractivity contribution is 6.32. The van der Waals surface area contributed by atoms with Gasteiger partial charge < -0.3 is 14.7 Å². The Kier molecular flexibility index (Phi) is 5.96. The molecule has 0 saturated heterocycles. The van der Waals surface area contributed by atoms with Crippen LogP contribution in [0.4, 0.5) is 5.69 Å². The number of methoxy groups -OCH3 is 1. The molecule has 19 heavy (non-hydrogen) atoms. The third-order valence-corrected chi connectivity index (χ3v) is 3.27. The van der Waals surface area contributed by atoms with Gasteiger partial charge >= 0.3 is 5.97 Å². The van der Waals surface area contributed by atoms with E-state index in [9.17, 15) is 9.90 Å². The van der Waals surface area contributed by atoms with Gasteiger partial charge in [0.25, 0.3) is 0 Å². The molecule has 1 N–H and O–H groups in total. The van der Waals surface area contributed by atoms with E-state index in [0.29, 0.717) is 23.7 Å². The van der Waals surface area contributed by atoms with Gasteiger partial charge in [-0.05, 0) is 31.0 Å². The van der Waals surface area contributed by atoms with Crippen LogP contribution >= 0.6 is 11.6 Å². The van der Waals surface area contributed by atoms with Crippen molar-refractivity contribution in [2.45, 2.75) is 32.7 Å². The largest absolute Gasteiger partial charge is 0.495 e. The smallest absolute Gasteiger partial charge is 0.326 e. The summed E-state index contributed by atoms with van der Waals surface area (Å²) in [5.41, 5.74) is 0.807. The Morgan fingerprint density at radius 2 is 2.16 bits per heavy atom. The molecule has 1 rings (SSSR count). The average molecular weight is 286 g/mol. The van der Waals surface area contributed by atoms with Crippen LogP contribution in [0.2, 0.25) is 5.02 Å². The van der Waals surface area contributed by atoms with Crippen LogP contribution in [0.3, 0.4) is 0 Å². The van der Waals surface area contributed by atoms with E-state index in [0.717, 1.165) is 12.1 Å². The molecule has 0 spiro atoms. The summed E-state index contributed by atoms with van der Waals surface area (Å²) in [5.74, 6) is -0.229. The van der Waals surface area contributed by atoms with Crippen LogP contribution in [0.25, 0.3) is 0 Å². The molecule has 106 valence electrons. The van der Waals surface area contributed by atoms with Crippen LogP contribution in [0, 0.1) is 0 Å². The molecule has 0 unspecified atom stereocenters. The van der Waals surface area contributed by atoms with E-state index >= 15 is 0 Å². The van der Waals surface area contributed by atoms with Crippen molar-refractivity contribution in [3.8, 4) is 5.75 Å². The second-order valence-electron chi connectivity index (χ2n) is 4.27. The standard InChI is InChI=1S/C14H20ClNO3/c1-4-8-16(12(5-2)14(17)18)10-6-7-13(19-3)11(15)9-10/h6-7,9,12H,4-5,8H2,1-3H3,(H,17,18)/t12-/m0/s1. The SMILES string of the molecule is CCCN(c1ccc(OC)c(Cl)c1)[C@@H](CC)C(=O)O. The first kappa shape index (κ1) is 15.6. The number of benzene rings is 1. The highest BCUT2D eigenvalue weighted by Crippen LogP contribution is 2.30. The molecule has 0 aliphatic carbocycles. The molecule has 0 radical (unpaired) electrons. The molecule has 4 nitrogen and oxygen atoms in total. The van der Waals surface area contributed by atoms with Crippen LogP contribution in [0.1, 0.15) is 26.7 Å². The second kappa shape index (κ2) is 7.24. The molecule has 0 aromatic heterocycles. The lowest BCUT2D eigenvalue weighted by atomic mass is 10.1. The Morgan fingerprint density at radius 1 is 1.47 bits per heavy atom. The molecular weight excluding hydrogens is 266 g/mol. The van der Waals surface area contributed by atoms with Crippen molar-refractivity contribution in [3.63, 3.8) is 0 Å². The van der Waals surface area contributed by atoms with Gasteiger partial charge in [0.15, 0.2) is 0 Å². The van der Waals surface area contributed by atoms with Gasteiger partial charge in [0.1, 0.15) is 11.8 Å². The summed E-state index contributed by atoms with van der Waals surface area (Å²) >= 11 is 6.10. The van der Waals surface area contributed by atoms with Crippen LogP contribution in [0.5, 0.6) is 5.75 Å². The minimum absolute atomic E-state index is 0.487. The van der Waals surface area contributed by atoms with E-state index in [1.54, 1.807) is 19.2 Å². The van der Waals surface area contributed by atoms with Gasteiger partial charge in [-0.15, -0.1) is 0 Å². The zero-order valence-corrected chi connectivity index (χ0v) is 12.3. The van der Waals surface area contributed by atoms with Gasteiger partial charge in [-0.25, -0.2) is 4.79 Å². The third kappa shape index (κ3) is 3.77. The zero-order chi connectivity index (χ0) is 14.4. The number of nitrogens with zero attached hydrogens (tertiary/aromatic N) is 1. The van der Waals surface area contributed by atoms with E-state index in [1.165, 1.54) is 0 Å². The summed E-state index contributed by atoms with van der Waals surface area (Å²) in [6.07, 6.45) is 1.41. The average Bonchev–Trinajstić information content (AvgIpc) is 2.38. The van der Waals surface area contributed by atoms with Crippen LogP contribution in [0.15, 0.2) is 18.2 Å². The number of carbonyl (C=O) groups is 1. The van der Waals surface area contributed by atoms with Crippen molar-refractivity contribution in [1.29, 1.82) is 0 Å². The van der Waals surface area contributed by atoms with Gasteiger partial charge in [-0.1, -0.05) is 25.4 Å². The Morgan fingerprint density at radius 3 is 2.58 bits per heavy atom. The summed E-state index contributed by atoms with van der Waals surface area (Å²) < 4.78 is 5.11. The van der Waals surface area contributed by atoms with Crippen molar-refractivity contribution in [2.24, 2.45) is 0 Å². The minimum atomic E-state index is -0.817. The van der Waals surface area contributed by atoms with E-state index in [4.69, 9.17) is 16.3 Å². The molecule has 0 bridgehead atoms. The number of carboxylic acids is 1. The van der Waals surface area contributed by atoms with Crippen molar-refractivity contribution < 1.29 is 14.6 Å². The zero-order valence-electron chi connectivity index (χ0n) is 11.5. The van der Waals surface area contributed by atoms with Crippen LogP contribution in [-0.2, 0) is 4.79 Å². The number of carboxylic acid groups (broad SMARTS) is 1. The molecule has 0 heterocycles. The van der Waals surface area contributed by atoms with Gasteiger partial charge in [-0.2, -0.15) is 0 Å². The maximum Gasteiger partial charge on any atom is 0.326 e. The molecule has 0 fully saturated rings. The Balaban J connectivity index is 3.11. The van der Waals surface area contributed by atoms with Crippen molar-refractivity contribution in [1.82, 2.24) is 0 Å². The lowest BCUT2D eigenvalue weighted by Gasteiger charge is -2.30. The predicted octanol–water partition coefficient (Wildman–Crippen LogP) is 3.43. The summed E-state index contributed by atoms with van der Waals surface area (Å²) in [6, 6.07) is 4.81. The number of ether oxygens (including phenoxy) is 1. The van der Waals surface area contributed by atoms with Crippen LogP contribution < -0.4 is 9.64 Å². The molecule has 0 saturated carbocycles. The number of halogens is 1. The summed E-state index contributed by atoms with van der Waals surface area (Å²) in [5, 5.41) is 9.79.